The first-order valence-electron chi connectivity index (χ1n) is 25.9. The molecule has 12 heterocycles. The highest BCUT2D eigenvalue weighted by molar-refractivity contribution is 5.70. The number of aromatic nitrogens is 16. The van der Waals surface area contributed by atoms with Gasteiger partial charge in [-0.25, -0.2) is 48.4 Å². The van der Waals surface area contributed by atoms with Crippen molar-refractivity contribution in [3.63, 3.8) is 0 Å². The number of anilines is 6. The van der Waals surface area contributed by atoms with E-state index in [1.807, 2.05) is 80.8 Å². The molecule has 408 valence electrons. The molecular weight excluding hydrogens is 981 g/mol. The number of rotatable bonds is 6. The Morgan fingerprint density at radius 1 is 0.321 bits per heavy atom. The van der Waals surface area contributed by atoms with Gasteiger partial charge >= 0.3 is 0 Å². The van der Waals surface area contributed by atoms with Crippen LogP contribution in [0.3, 0.4) is 0 Å². The van der Waals surface area contributed by atoms with Crippen LogP contribution >= 0.6 is 0 Å². The van der Waals surface area contributed by atoms with Crippen molar-refractivity contribution in [2.75, 3.05) is 34.4 Å². The summed E-state index contributed by atoms with van der Waals surface area (Å²) in [6, 6.07) is 15.6. The molecule has 22 nitrogen and oxygen atoms in total. The van der Waals surface area contributed by atoms with Crippen molar-refractivity contribution in [1.29, 1.82) is 0 Å². The minimum atomic E-state index is 0.379. The Labute approximate surface area is 453 Å². The number of nitrogens with two attached hydrogens (primary N) is 6. The molecule has 22 heteroatoms. The Hall–Kier alpha value is -9.34. The monoisotopic (exact) mass is 1050 g/mol. The molecule has 0 spiro atoms. The molecule has 0 aliphatic heterocycles. The summed E-state index contributed by atoms with van der Waals surface area (Å²) in [5.74, 6) is 4.16. The van der Waals surface area contributed by atoms with Crippen LogP contribution in [0, 0.1) is 0 Å². The van der Waals surface area contributed by atoms with Gasteiger partial charge in [0.15, 0.2) is 34.2 Å². The van der Waals surface area contributed by atoms with Crippen molar-refractivity contribution in [2.24, 2.45) is 0 Å². The van der Waals surface area contributed by atoms with Crippen LogP contribution in [0.15, 0.2) is 123 Å². The number of imidazole rings is 4. The summed E-state index contributed by atoms with van der Waals surface area (Å²) >= 11 is 0. The van der Waals surface area contributed by atoms with Crippen LogP contribution in [0.4, 0.5) is 34.5 Å². The van der Waals surface area contributed by atoms with Crippen molar-refractivity contribution >= 4 is 68.1 Å². The Bertz CT molecular complexity index is 3230. The fourth-order valence-corrected chi connectivity index (χ4v) is 8.49. The van der Waals surface area contributed by atoms with Gasteiger partial charge < -0.3 is 43.2 Å². The van der Waals surface area contributed by atoms with Crippen LogP contribution in [0.2, 0.25) is 0 Å². The summed E-state index contributed by atoms with van der Waals surface area (Å²) in [6.07, 6.45) is 21.4. The van der Waals surface area contributed by atoms with Gasteiger partial charge in [0.1, 0.15) is 12.1 Å². The summed E-state index contributed by atoms with van der Waals surface area (Å²) in [6.45, 7) is 25.5. The molecular formula is C56H74N22. The highest BCUT2D eigenvalue weighted by Crippen LogP contribution is 2.24. The molecule has 0 saturated carbocycles. The minimum absolute atomic E-state index is 0.379. The van der Waals surface area contributed by atoms with E-state index in [9.17, 15) is 0 Å². The van der Waals surface area contributed by atoms with Crippen LogP contribution < -0.4 is 34.4 Å². The Balaban J connectivity index is 0.000000136. The van der Waals surface area contributed by atoms with E-state index in [4.69, 9.17) is 34.4 Å². The third-order valence-corrected chi connectivity index (χ3v) is 12.7. The lowest BCUT2D eigenvalue weighted by molar-refractivity contribution is 0.752. The summed E-state index contributed by atoms with van der Waals surface area (Å²) in [7, 11) is 0. The molecule has 0 fully saturated rings. The molecule has 12 N–H and O–H groups in total. The second-order valence-corrected chi connectivity index (χ2v) is 20.4. The van der Waals surface area contributed by atoms with Crippen molar-refractivity contribution in [2.45, 2.75) is 119 Å². The molecule has 0 aromatic carbocycles. The number of nitrogen functional groups attached to an aromatic ring is 6. The average molecular weight is 1060 g/mol. The van der Waals surface area contributed by atoms with E-state index < -0.39 is 0 Å². The zero-order chi connectivity index (χ0) is 56.5. The molecule has 0 aliphatic carbocycles. The topological polar surface area (TPSA) is 311 Å². The number of nitrogens with zero attached hydrogens (tertiary/aromatic N) is 16. The van der Waals surface area contributed by atoms with E-state index in [2.05, 4.69) is 150 Å². The van der Waals surface area contributed by atoms with Gasteiger partial charge in [-0.05, 0) is 84.0 Å². The summed E-state index contributed by atoms with van der Waals surface area (Å²) in [5, 5.41) is 12.5. The van der Waals surface area contributed by atoms with Gasteiger partial charge in [0.2, 0.25) is 0 Å². The number of fused-ring (bicyclic) bond motifs is 6. The fraction of sp³-hybridized carbons (Fsp3) is 0.321. The minimum Gasteiger partial charge on any atom is -0.397 e. The molecule has 12 rings (SSSR count). The van der Waals surface area contributed by atoms with Gasteiger partial charge in [-0.1, -0.05) is 83.1 Å². The lowest BCUT2D eigenvalue weighted by atomic mass is 10.1. The molecule has 0 unspecified atom stereocenters. The van der Waals surface area contributed by atoms with Gasteiger partial charge in [0.25, 0.3) is 0 Å². The molecule has 0 radical (unpaired) electrons. The van der Waals surface area contributed by atoms with E-state index in [0.29, 0.717) is 64.3 Å². The van der Waals surface area contributed by atoms with E-state index in [1.165, 1.54) is 23.4 Å². The van der Waals surface area contributed by atoms with Crippen molar-refractivity contribution < 1.29 is 0 Å². The van der Waals surface area contributed by atoms with Gasteiger partial charge in [-0.15, -0.1) is 0 Å². The Kier molecular flexibility index (Phi) is 17.7. The maximum absolute atomic E-state index is 5.81. The molecule has 0 amide bonds. The second-order valence-electron chi connectivity index (χ2n) is 20.4. The highest BCUT2D eigenvalue weighted by atomic mass is 15.3. The number of hydrogen-bond donors (Lipinski definition) is 6. The molecule has 0 bridgehead atoms. The van der Waals surface area contributed by atoms with Crippen LogP contribution in [0.1, 0.15) is 153 Å². The predicted molar refractivity (Wildman–Crippen MR) is 313 cm³/mol. The second kappa shape index (κ2) is 24.6. The largest absolute Gasteiger partial charge is 0.397 e. The normalized spacial score (nSPS) is 11.3. The van der Waals surface area contributed by atoms with E-state index in [1.54, 1.807) is 46.1 Å². The van der Waals surface area contributed by atoms with Crippen LogP contribution in [-0.4, -0.2) is 76.9 Å². The third kappa shape index (κ3) is 12.3. The lowest BCUT2D eigenvalue weighted by Gasteiger charge is -2.05. The quantitative estimate of drug-likeness (QED) is 0.0902. The van der Waals surface area contributed by atoms with Crippen molar-refractivity contribution in [3.05, 3.63) is 157 Å². The van der Waals surface area contributed by atoms with E-state index in [0.717, 1.165) is 56.4 Å². The SMILES string of the molecule is CC(C)c1ccc2c(N)ccnn12.CC(C)c1ccc2c(N)nccn12.CC(C)c1cnc2c(N)cccn12.CC(C)c1cnc2c(N)ccnn12.CC(C)c1cnc2c(N)nccn12.CC(C)c1cnc2c(N)ncnn12. The van der Waals surface area contributed by atoms with E-state index >= 15 is 0 Å². The zero-order valence-electron chi connectivity index (χ0n) is 46.6. The van der Waals surface area contributed by atoms with Gasteiger partial charge in [-0.3, -0.25) is 4.40 Å². The highest BCUT2D eigenvalue weighted by Gasteiger charge is 2.13. The lowest BCUT2D eigenvalue weighted by Crippen LogP contribution is -2.03. The van der Waals surface area contributed by atoms with Crippen molar-refractivity contribution in [1.82, 2.24) is 76.9 Å². The number of pyridine rings is 1. The Morgan fingerprint density at radius 2 is 0.769 bits per heavy atom. The number of hydrogen-bond acceptors (Lipinski definition) is 16. The smallest absolute Gasteiger partial charge is 0.196 e. The Morgan fingerprint density at radius 3 is 1.38 bits per heavy atom. The third-order valence-electron chi connectivity index (χ3n) is 12.7. The van der Waals surface area contributed by atoms with Crippen LogP contribution in [0.5, 0.6) is 0 Å². The molecule has 0 atom stereocenters. The van der Waals surface area contributed by atoms with E-state index in [-0.39, 0.29) is 0 Å². The van der Waals surface area contributed by atoms with Crippen LogP contribution in [-0.2, 0) is 0 Å². The summed E-state index contributed by atoms with van der Waals surface area (Å²) < 4.78 is 11.5. The first-order valence-corrected chi connectivity index (χ1v) is 25.9. The van der Waals surface area contributed by atoms with Gasteiger partial charge in [0.05, 0.1) is 58.1 Å². The molecule has 0 aliphatic rings. The first kappa shape index (κ1) is 56.4. The van der Waals surface area contributed by atoms with Crippen molar-refractivity contribution in [3.8, 4) is 0 Å². The predicted octanol–water partition coefficient (Wildman–Crippen LogP) is 9.82. The molecule has 0 saturated heterocycles. The standard InChI is InChI=1S/3C10H13N3.2C9H12N4.C8H11N5/c1-7(2)9-3-4-10-8(11)5-6-12-13(9)10;1-7(2)8-3-4-9-10(11)12-5-6-13(8)9;1-7(2)9-6-12-10-8(11)4-3-5-13(9)10;1-6(2)7-5-12-9-8(10)11-3-4-13(7)9;1-6(2)8-5-11-9-7(10)3-4-12-13(8)9;1-5(2)6-3-10-8-7(9)11-4-12-13(6)8/h3-7H,11H2,1-2H3;3-7H,1-2H3,(H2,11,12);3-7H,11H2,1-2H3;3-6H,1-2H3,(H2,10,11);3-6H,10H2,1-2H3;3-5H,1-2H3,(H2,9,11,12). The fourth-order valence-electron chi connectivity index (χ4n) is 8.49. The van der Waals surface area contributed by atoms with Crippen LogP contribution in [0.25, 0.3) is 33.6 Å². The first-order chi connectivity index (χ1) is 37.2. The summed E-state index contributed by atoms with van der Waals surface area (Å²) in [4.78, 5) is 28.7. The molecule has 12 aromatic heterocycles. The molecule has 78 heavy (non-hydrogen) atoms. The maximum Gasteiger partial charge on any atom is 0.196 e. The van der Waals surface area contributed by atoms with Gasteiger partial charge in [-0.2, -0.15) is 15.3 Å². The summed E-state index contributed by atoms with van der Waals surface area (Å²) in [5.41, 5.74) is 48.5. The average Bonchev–Trinajstić information content (AvgIpc) is 4.26. The maximum atomic E-state index is 5.81. The zero-order valence-corrected chi connectivity index (χ0v) is 46.6. The van der Waals surface area contributed by atoms with Gasteiger partial charge in [0, 0.05) is 72.4 Å². The molecule has 12 aromatic rings.